The number of amides is 1. The average molecular weight is 563 g/mol. The first-order valence-corrected chi connectivity index (χ1v) is 14.2. The van der Waals surface area contributed by atoms with Crippen molar-refractivity contribution in [1.82, 2.24) is 14.7 Å². The van der Waals surface area contributed by atoms with Gasteiger partial charge in [0.1, 0.15) is 5.69 Å². The number of ketones is 1. The van der Waals surface area contributed by atoms with E-state index in [1.165, 1.54) is 0 Å². The predicted octanol–water partition coefficient (Wildman–Crippen LogP) is 5.10. The van der Waals surface area contributed by atoms with Crippen LogP contribution in [-0.4, -0.2) is 59.0 Å². The summed E-state index contributed by atoms with van der Waals surface area (Å²) in [6.07, 6.45) is 1.84. The molecule has 0 radical (unpaired) electrons. The minimum absolute atomic E-state index is 0.124. The molecule has 1 fully saturated rings. The maximum atomic E-state index is 13.8. The van der Waals surface area contributed by atoms with Gasteiger partial charge >= 0.3 is 0 Å². The number of carbonyl (C=O) groups excluding carboxylic acids is 2. The van der Waals surface area contributed by atoms with Gasteiger partial charge in [-0.1, -0.05) is 36.4 Å². The molecule has 41 heavy (non-hydrogen) atoms. The summed E-state index contributed by atoms with van der Waals surface area (Å²) in [5, 5.41) is 17.3. The lowest BCUT2D eigenvalue weighted by Crippen LogP contribution is -2.34. The minimum Gasteiger partial charge on any atom is -0.378 e. The number of anilines is 1. The zero-order valence-corrected chi connectivity index (χ0v) is 22.9. The molecule has 204 valence electrons. The average Bonchev–Trinajstić information content (AvgIpc) is 3.42. The molecule has 1 N–H and O–H groups in total. The van der Waals surface area contributed by atoms with E-state index in [0.29, 0.717) is 30.2 Å². The van der Waals surface area contributed by atoms with E-state index in [0.717, 1.165) is 40.6 Å². The smallest absolute Gasteiger partial charge is 0.249 e. The third-order valence-corrected chi connectivity index (χ3v) is 8.02. The van der Waals surface area contributed by atoms with Crippen LogP contribution in [0.3, 0.4) is 0 Å². The molecule has 0 spiro atoms. The molecular formula is C31H26N6O3S. The maximum Gasteiger partial charge on any atom is 0.249 e. The van der Waals surface area contributed by atoms with Crippen molar-refractivity contribution < 1.29 is 14.3 Å². The summed E-state index contributed by atoms with van der Waals surface area (Å²) in [6.45, 7) is 2.93. The summed E-state index contributed by atoms with van der Waals surface area (Å²) in [4.78, 5) is 34.7. The highest BCUT2D eigenvalue weighted by Crippen LogP contribution is 2.45. The molecular weight excluding hydrogens is 536 g/mol. The van der Waals surface area contributed by atoms with Crippen LogP contribution in [0.15, 0.2) is 88.8 Å². The molecule has 6 rings (SSSR count). The fraction of sp³-hybridized carbons (Fsp3) is 0.194. The van der Waals surface area contributed by atoms with Crippen LogP contribution in [-0.2, 0) is 15.3 Å². The molecule has 1 unspecified atom stereocenters. The molecule has 2 aliphatic rings. The standard InChI is InChI=1S/C31H26N6O3S/c32-18-25(31(39)34-21-7-3-1-4-8-21)30(38)28-26-19-41-27-12-11-22(33-20-36-13-15-40-16-14-36)17-24(27)29(26)37(35-28)23-9-5-2-6-10-23/h1-12,17,20,25H,13-16,19H2,(H,34,39). The number of thioether (sulfide) groups is 1. The molecule has 0 aliphatic carbocycles. The van der Waals surface area contributed by atoms with E-state index in [-0.39, 0.29) is 5.69 Å². The molecule has 9 nitrogen and oxygen atoms in total. The second-order valence-electron chi connectivity index (χ2n) is 9.57. The van der Waals surface area contributed by atoms with E-state index in [1.54, 1.807) is 40.7 Å². The predicted molar refractivity (Wildman–Crippen MR) is 158 cm³/mol. The van der Waals surface area contributed by atoms with E-state index in [9.17, 15) is 14.9 Å². The number of nitrogens with zero attached hydrogens (tertiary/aromatic N) is 5. The number of Topliss-reactive ketones (excluding diaryl/α,β-unsaturated/α-hetero) is 1. The van der Waals surface area contributed by atoms with E-state index in [4.69, 9.17) is 14.8 Å². The Labute approximate surface area is 241 Å². The van der Waals surface area contributed by atoms with Crippen LogP contribution in [0.25, 0.3) is 16.9 Å². The first-order chi connectivity index (χ1) is 20.1. The van der Waals surface area contributed by atoms with Crippen molar-refractivity contribution in [2.45, 2.75) is 10.6 Å². The van der Waals surface area contributed by atoms with Crippen molar-refractivity contribution in [3.63, 3.8) is 0 Å². The number of hydrogen-bond acceptors (Lipinski definition) is 7. The monoisotopic (exact) mass is 562 g/mol. The van der Waals surface area contributed by atoms with Gasteiger partial charge in [-0.2, -0.15) is 10.4 Å². The Bertz CT molecular complexity index is 1660. The Morgan fingerprint density at radius 1 is 1.05 bits per heavy atom. The number of carbonyl (C=O) groups is 2. The summed E-state index contributed by atoms with van der Waals surface area (Å²) < 4.78 is 7.16. The second kappa shape index (κ2) is 11.8. The Balaban J connectivity index is 1.40. The Hall–Kier alpha value is -4.72. The van der Waals surface area contributed by atoms with Gasteiger partial charge in [0.2, 0.25) is 11.7 Å². The SMILES string of the molecule is N#CC(C(=O)Nc1ccccc1)C(=O)c1nn(-c2ccccc2)c2c1CSc1ccc(N=CN3CCOCC3)cc1-2. The quantitative estimate of drug-likeness (QED) is 0.144. The Morgan fingerprint density at radius 3 is 2.51 bits per heavy atom. The summed E-state index contributed by atoms with van der Waals surface area (Å²) in [6, 6.07) is 26.2. The minimum atomic E-state index is -1.55. The number of para-hydroxylation sites is 2. The van der Waals surface area contributed by atoms with Crippen LogP contribution >= 0.6 is 11.8 Å². The normalized spacial score (nSPS) is 15.0. The number of morpholine rings is 1. The summed E-state index contributed by atoms with van der Waals surface area (Å²) in [5.74, 6) is -2.38. The lowest BCUT2D eigenvalue weighted by atomic mass is 9.97. The van der Waals surface area contributed by atoms with Crippen molar-refractivity contribution in [1.29, 1.82) is 5.26 Å². The number of hydrogen-bond donors (Lipinski definition) is 1. The summed E-state index contributed by atoms with van der Waals surface area (Å²) in [5.41, 5.74) is 4.52. The van der Waals surface area contributed by atoms with Crippen LogP contribution < -0.4 is 5.32 Å². The molecule has 1 atom stereocenters. The molecule has 3 aromatic carbocycles. The van der Waals surface area contributed by atoms with Crippen LogP contribution in [0.1, 0.15) is 16.1 Å². The van der Waals surface area contributed by atoms with Crippen LogP contribution in [0.2, 0.25) is 0 Å². The third-order valence-electron chi connectivity index (χ3n) is 6.92. The highest BCUT2D eigenvalue weighted by atomic mass is 32.2. The molecule has 3 heterocycles. The maximum absolute atomic E-state index is 13.8. The number of aliphatic imine (C=N–C) groups is 1. The zero-order valence-electron chi connectivity index (χ0n) is 22.1. The van der Waals surface area contributed by atoms with Gasteiger partial charge in [-0.05, 0) is 42.5 Å². The topological polar surface area (TPSA) is 113 Å². The van der Waals surface area contributed by atoms with Crippen LogP contribution in [0.4, 0.5) is 11.4 Å². The number of nitriles is 1. The van der Waals surface area contributed by atoms with E-state index in [1.807, 2.05) is 67.0 Å². The van der Waals surface area contributed by atoms with Crippen molar-refractivity contribution in [2.24, 2.45) is 10.9 Å². The van der Waals surface area contributed by atoms with Crippen molar-refractivity contribution in [3.8, 4) is 23.0 Å². The largest absolute Gasteiger partial charge is 0.378 e. The molecule has 0 saturated carbocycles. The van der Waals surface area contributed by atoms with E-state index >= 15 is 0 Å². The van der Waals surface area contributed by atoms with Gasteiger partial charge in [0.15, 0.2) is 5.92 Å². The molecule has 4 aromatic rings. The fourth-order valence-electron chi connectivity index (χ4n) is 4.83. The van der Waals surface area contributed by atoms with Crippen molar-refractivity contribution in [2.75, 3.05) is 31.6 Å². The van der Waals surface area contributed by atoms with Gasteiger partial charge in [-0.25, -0.2) is 9.67 Å². The van der Waals surface area contributed by atoms with Gasteiger partial charge in [-0.15, -0.1) is 11.8 Å². The number of benzene rings is 3. The third kappa shape index (κ3) is 5.50. The van der Waals surface area contributed by atoms with Gasteiger partial charge in [0.25, 0.3) is 0 Å². The number of rotatable bonds is 7. The number of aromatic nitrogens is 2. The van der Waals surface area contributed by atoms with Gasteiger partial charge in [-0.3, -0.25) is 9.59 Å². The lowest BCUT2D eigenvalue weighted by molar-refractivity contribution is -0.117. The lowest BCUT2D eigenvalue weighted by Gasteiger charge is -2.24. The Kier molecular flexibility index (Phi) is 7.63. The molecule has 1 saturated heterocycles. The second-order valence-corrected chi connectivity index (χ2v) is 10.6. The highest BCUT2D eigenvalue weighted by Gasteiger charge is 2.35. The summed E-state index contributed by atoms with van der Waals surface area (Å²) >= 11 is 1.59. The van der Waals surface area contributed by atoms with Crippen molar-refractivity contribution >= 4 is 41.2 Å². The molecule has 1 amide bonds. The summed E-state index contributed by atoms with van der Waals surface area (Å²) in [7, 11) is 0. The highest BCUT2D eigenvalue weighted by molar-refractivity contribution is 7.98. The van der Waals surface area contributed by atoms with E-state index < -0.39 is 17.6 Å². The number of ether oxygens (including phenoxy) is 1. The molecule has 1 aromatic heterocycles. The molecule has 2 aliphatic heterocycles. The fourth-order valence-corrected chi connectivity index (χ4v) is 5.88. The van der Waals surface area contributed by atoms with Gasteiger partial charge in [0, 0.05) is 40.6 Å². The Morgan fingerprint density at radius 2 is 1.78 bits per heavy atom. The van der Waals surface area contributed by atoms with Crippen LogP contribution in [0.5, 0.6) is 0 Å². The zero-order chi connectivity index (χ0) is 28.2. The van der Waals surface area contributed by atoms with E-state index in [2.05, 4.69) is 10.2 Å². The molecule has 0 bridgehead atoms. The first kappa shape index (κ1) is 26.5. The van der Waals surface area contributed by atoms with Crippen LogP contribution in [0, 0.1) is 17.2 Å². The van der Waals surface area contributed by atoms with Gasteiger partial charge < -0.3 is 15.0 Å². The van der Waals surface area contributed by atoms with Gasteiger partial charge in [0.05, 0.1) is 42.7 Å². The molecule has 10 heteroatoms. The van der Waals surface area contributed by atoms with Crippen molar-refractivity contribution in [3.05, 3.63) is 90.1 Å². The first-order valence-electron chi connectivity index (χ1n) is 13.2. The number of nitrogens with one attached hydrogen (secondary N) is 1. The number of fused-ring (bicyclic) bond motifs is 3.